The Morgan fingerprint density at radius 1 is 0.939 bits per heavy atom. The molecule has 0 fully saturated rings. The van der Waals surface area contributed by atoms with E-state index >= 15 is 0 Å². The van der Waals surface area contributed by atoms with Crippen LogP contribution in [0.15, 0.2) is 71.2 Å². The Kier molecular flexibility index (Phi) is 11.5. The van der Waals surface area contributed by atoms with Crippen molar-refractivity contribution in [2.24, 2.45) is 0 Å². The second kappa shape index (κ2) is 13.8. The summed E-state index contributed by atoms with van der Waals surface area (Å²) < 4.78 is 12.1. The van der Waals surface area contributed by atoms with Crippen LogP contribution in [0.5, 0.6) is 0 Å². The highest BCUT2D eigenvalue weighted by atomic mass is 79.9. The molecule has 6 heteroatoms. The van der Waals surface area contributed by atoms with Crippen molar-refractivity contribution in [3.05, 3.63) is 71.2 Å². The molecule has 0 aliphatic carbocycles. The van der Waals surface area contributed by atoms with Crippen molar-refractivity contribution in [2.75, 3.05) is 26.8 Å². The molecule has 0 spiro atoms. The summed E-state index contributed by atoms with van der Waals surface area (Å²) in [4.78, 5) is 11.3. The van der Waals surface area contributed by atoms with Crippen molar-refractivity contribution in [1.29, 1.82) is 0 Å². The molecule has 0 heterocycles. The van der Waals surface area contributed by atoms with Crippen molar-refractivity contribution in [2.45, 2.75) is 51.5 Å². The number of benzene rings is 2. The highest BCUT2D eigenvalue weighted by Crippen LogP contribution is 2.36. The van der Waals surface area contributed by atoms with Crippen molar-refractivity contribution in [3.63, 3.8) is 0 Å². The van der Waals surface area contributed by atoms with Gasteiger partial charge in [0.15, 0.2) is 0 Å². The summed E-state index contributed by atoms with van der Waals surface area (Å²) in [6, 6.07) is 21.6. The average Bonchev–Trinajstić information content (AvgIpc) is 2.82. The van der Waals surface area contributed by atoms with Crippen molar-refractivity contribution in [3.8, 4) is 0 Å². The summed E-state index contributed by atoms with van der Waals surface area (Å²) in [5, 5.41) is 6.11. The van der Waals surface area contributed by atoms with Crippen LogP contribution in [0.1, 0.15) is 46.5 Å². The molecule has 180 valence electrons. The van der Waals surface area contributed by atoms with Gasteiger partial charge in [0.2, 0.25) is 0 Å². The number of unbranched alkanes of at least 4 members (excludes halogenated alkanes) is 2. The van der Waals surface area contributed by atoms with E-state index < -0.39 is 8.32 Å². The first kappa shape index (κ1) is 27.5. The molecule has 0 atom stereocenters. The summed E-state index contributed by atoms with van der Waals surface area (Å²) in [6.45, 7) is 9.51. The van der Waals surface area contributed by atoms with Gasteiger partial charge in [0.25, 0.3) is 8.32 Å². The van der Waals surface area contributed by atoms with E-state index in [1.165, 1.54) is 17.5 Å². The molecule has 0 aromatic heterocycles. The van der Waals surface area contributed by atoms with Crippen LogP contribution in [0.3, 0.4) is 0 Å². The fraction of sp³-hybridized carbons (Fsp3) is 0.444. The fourth-order valence-electron chi connectivity index (χ4n) is 4.12. The number of ether oxygens (including phenoxy) is 1. The molecule has 0 radical (unpaired) electrons. The van der Waals surface area contributed by atoms with Gasteiger partial charge < -0.3 is 14.5 Å². The molecule has 1 N–H and O–H groups in total. The number of hydrogen-bond acceptors (Lipinski definition) is 4. The molecule has 0 aliphatic heterocycles. The van der Waals surface area contributed by atoms with Crippen LogP contribution in [-0.4, -0.2) is 41.1 Å². The molecule has 0 saturated carbocycles. The molecule has 2 aromatic carbocycles. The van der Waals surface area contributed by atoms with E-state index in [0.29, 0.717) is 4.48 Å². The first-order valence-corrected chi connectivity index (χ1v) is 14.4. The van der Waals surface area contributed by atoms with Gasteiger partial charge in [0.1, 0.15) is 0 Å². The minimum atomic E-state index is -2.42. The minimum absolute atomic E-state index is 0.0171. The first-order valence-electron chi connectivity index (χ1n) is 11.7. The van der Waals surface area contributed by atoms with E-state index in [1.54, 1.807) is 0 Å². The fourth-order valence-corrected chi connectivity index (χ4v) is 9.12. The van der Waals surface area contributed by atoms with Crippen LogP contribution >= 0.6 is 15.9 Å². The van der Waals surface area contributed by atoms with Crippen LogP contribution in [0, 0.1) is 0 Å². The van der Waals surface area contributed by atoms with Gasteiger partial charge in [0.05, 0.1) is 11.6 Å². The summed E-state index contributed by atoms with van der Waals surface area (Å²) in [6.07, 6.45) is 5.89. The number of halogens is 1. The van der Waals surface area contributed by atoms with E-state index in [2.05, 4.69) is 107 Å². The quantitative estimate of drug-likeness (QED) is 0.168. The van der Waals surface area contributed by atoms with Gasteiger partial charge in [-0.2, -0.15) is 0 Å². The maximum atomic E-state index is 11.3. The van der Waals surface area contributed by atoms with Gasteiger partial charge in [-0.25, -0.2) is 4.79 Å². The highest BCUT2D eigenvalue weighted by Gasteiger charge is 2.49. The minimum Gasteiger partial charge on any atom is -0.465 e. The molecule has 33 heavy (non-hydrogen) atoms. The highest BCUT2D eigenvalue weighted by molar-refractivity contribution is 9.12. The van der Waals surface area contributed by atoms with Crippen LogP contribution in [0.25, 0.3) is 0 Å². The molecule has 0 unspecified atom stereocenters. The maximum absolute atomic E-state index is 11.3. The summed E-state index contributed by atoms with van der Waals surface area (Å²) in [5.41, 5.74) is 0. The largest absolute Gasteiger partial charge is 0.465 e. The smallest absolute Gasteiger partial charge is 0.344 e. The van der Waals surface area contributed by atoms with Crippen molar-refractivity contribution in [1.82, 2.24) is 5.32 Å². The third-order valence-corrected chi connectivity index (χ3v) is 11.4. The number of rotatable bonds is 13. The number of esters is 1. The van der Waals surface area contributed by atoms with Gasteiger partial charge in [0, 0.05) is 6.61 Å². The Morgan fingerprint density at radius 3 is 2.03 bits per heavy atom. The molecule has 0 aliphatic rings. The second-order valence-electron chi connectivity index (χ2n) is 9.15. The van der Waals surface area contributed by atoms with E-state index in [4.69, 9.17) is 4.43 Å². The molecule has 0 bridgehead atoms. The lowest BCUT2D eigenvalue weighted by Gasteiger charge is -2.43. The Bertz CT molecular complexity index is 826. The Hall–Kier alpha value is -1.73. The summed E-state index contributed by atoms with van der Waals surface area (Å²) >= 11 is 3.23. The van der Waals surface area contributed by atoms with Crippen molar-refractivity contribution < 1.29 is 14.0 Å². The van der Waals surface area contributed by atoms with Crippen LogP contribution < -0.4 is 15.7 Å². The number of methoxy groups -OCH3 is 1. The first-order chi connectivity index (χ1) is 15.8. The van der Waals surface area contributed by atoms with E-state index in [-0.39, 0.29) is 11.0 Å². The average molecular weight is 533 g/mol. The SMILES string of the molecule is COC(=O)/C(Br)=C/CCNCCCCCO[Si](c1ccccc1)(c1ccccc1)C(C)(C)C. The van der Waals surface area contributed by atoms with Gasteiger partial charge in [-0.1, -0.05) is 87.5 Å². The predicted molar refractivity (Wildman–Crippen MR) is 144 cm³/mol. The van der Waals surface area contributed by atoms with Crippen LogP contribution in [-0.2, 0) is 14.0 Å². The number of hydrogen-bond donors (Lipinski definition) is 1. The van der Waals surface area contributed by atoms with Gasteiger partial charge in [-0.05, 0) is 70.1 Å². The number of carbonyl (C=O) groups excluding carboxylic acids is 1. The zero-order valence-corrected chi connectivity index (χ0v) is 23.0. The summed E-state index contributed by atoms with van der Waals surface area (Å²) in [7, 11) is -1.04. The topological polar surface area (TPSA) is 47.6 Å². The van der Waals surface area contributed by atoms with E-state index in [1.807, 2.05) is 6.08 Å². The Morgan fingerprint density at radius 2 is 1.52 bits per heavy atom. The zero-order chi connectivity index (χ0) is 24.2. The monoisotopic (exact) mass is 531 g/mol. The van der Waals surface area contributed by atoms with Gasteiger partial charge in [-0.3, -0.25) is 0 Å². The van der Waals surface area contributed by atoms with E-state index in [9.17, 15) is 4.79 Å². The normalized spacial score (nSPS) is 12.6. The van der Waals surface area contributed by atoms with E-state index in [0.717, 1.165) is 45.4 Å². The van der Waals surface area contributed by atoms with Gasteiger partial charge >= 0.3 is 5.97 Å². The third-order valence-electron chi connectivity index (χ3n) is 5.76. The zero-order valence-electron chi connectivity index (χ0n) is 20.4. The second-order valence-corrected chi connectivity index (χ2v) is 14.3. The lowest BCUT2D eigenvalue weighted by Crippen LogP contribution is -2.66. The van der Waals surface area contributed by atoms with Crippen LogP contribution in [0.4, 0.5) is 0 Å². The molecule has 4 nitrogen and oxygen atoms in total. The Balaban J connectivity index is 1.88. The van der Waals surface area contributed by atoms with Crippen molar-refractivity contribution >= 4 is 40.6 Å². The van der Waals surface area contributed by atoms with Crippen LogP contribution in [0.2, 0.25) is 5.04 Å². The molecular formula is C27H38BrNO3Si. The third kappa shape index (κ3) is 7.92. The predicted octanol–water partition coefficient (Wildman–Crippen LogP) is 5.16. The number of nitrogens with one attached hydrogen (secondary N) is 1. The molecular weight excluding hydrogens is 494 g/mol. The maximum Gasteiger partial charge on any atom is 0.344 e. The number of carbonyl (C=O) groups is 1. The summed E-state index contributed by atoms with van der Waals surface area (Å²) in [5.74, 6) is -0.337. The lowest BCUT2D eigenvalue weighted by molar-refractivity contribution is -0.135. The standard InChI is InChI=1S/C27H38BrNO3Si/c1-27(2,3)33(23-15-8-5-9-16-23,24-17-10-6-11-18-24)32-22-13-7-12-20-29-21-14-19-25(28)26(30)31-4/h5-6,8-11,15-19,29H,7,12-14,20-22H2,1-4H3/b25-19-. The molecule has 2 rings (SSSR count). The lowest BCUT2D eigenvalue weighted by atomic mass is 10.2. The molecule has 0 saturated heterocycles. The Labute approximate surface area is 209 Å². The molecule has 0 amide bonds. The van der Waals surface area contributed by atoms with Gasteiger partial charge in [-0.15, -0.1) is 0 Å². The molecule has 2 aromatic rings.